The number of H-pyrrole nitrogens is 1. The van der Waals surface area contributed by atoms with Gasteiger partial charge in [0.15, 0.2) is 0 Å². The number of hydrogen-bond acceptors (Lipinski definition) is 14. The molecule has 0 radical (unpaired) electrons. The fourth-order valence-corrected chi connectivity index (χ4v) is 5.41. The van der Waals surface area contributed by atoms with Crippen molar-refractivity contribution in [2.45, 2.75) is 24.9 Å². The zero-order valence-electron chi connectivity index (χ0n) is 18.7. The third-order valence-electron chi connectivity index (χ3n) is 3.74. The van der Waals surface area contributed by atoms with Crippen LogP contribution >= 0.6 is 23.5 Å². The molecule has 0 saturated carbocycles. The van der Waals surface area contributed by atoms with Crippen LogP contribution in [-0.4, -0.2) is 44.9 Å². The van der Waals surface area contributed by atoms with E-state index in [1.807, 2.05) is 4.98 Å². The topological polar surface area (TPSA) is 279 Å². The van der Waals surface area contributed by atoms with E-state index in [0.29, 0.717) is 0 Å². The molecule has 1 aliphatic rings. The Morgan fingerprint density at radius 3 is 2.31 bits per heavy atom. The molecule has 35 heavy (non-hydrogen) atoms. The summed E-state index contributed by atoms with van der Waals surface area (Å²) in [7, 11) is -17.7. The van der Waals surface area contributed by atoms with Crippen molar-refractivity contribution in [2.24, 2.45) is 5.73 Å². The predicted octanol–water partition coefficient (Wildman–Crippen LogP) is -12.4. The number of phosphoric ester groups is 1. The van der Waals surface area contributed by atoms with Crippen molar-refractivity contribution in [3.8, 4) is 0 Å². The van der Waals surface area contributed by atoms with Crippen LogP contribution in [-0.2, 0) is 31.6 Å². The molecular formula is C12H17N3Na3O14P3. The van der Waals surface area contributed by atoms with Crippen molar-refractivity contribution < 1.29 is 145 Å². The van der Waals surface area contributed by atoms with Gasteiger partial charge < -0.3 is 39.7 Å². The van der Waals surface area contributed by atoms with Crippen LogP contribution in [0.1, 0.15) is 18.2 Å². The van der Waals surface area contributed by atoms with Gasteiger partial charge >= 0.3 is 94.4 Å². The van der Waals surface area contributed by atoms with Gasteiger partial charge in [0.05, 0.1) is 18.3 Å². The normalized spacial score (nSPS) is 24.8. The number of aromatic amines is 1. The summed E-state index contributed by atoms with van der Waals surface area (Å²) >= 11 is 0. The summed E-state index contributed by atoms with van der Waals surface area (Å²) < 4.78 is 50.2. The fourth-order valence-electron chi connectivity index (χ4n) is 2.52. The van der Waals surface area contributed by atoms with Gasteiger partial charge in [-0.3, -0.25) is 28.0 Å². The molecule has 3 unspecified atom stereocenters. The molecule has 2 rings (SSSR count). The van der Waals surface area contributed by atoms with Crippen LogP contribution < -0.4 is 120 Å². The molecule has 1 fully saturated rings. The molecule has 17 nitrogen and oxygen atoms in total. The van der Waals surface area contributed by atoms with Crippen molar-refractivity contribution in [2.75, 3.05) is 13.2 Å². The maximum Gasteiger partial charge on any atom is 1.00 e. The molecular weight excluding hydrogens is 572 g/mol. The van der Waals surface area contributed by atoms with E-state index in [4.69, 9.17) is 15.4 Å². The Balaban J connectivity index is 0. The smallest absolute Gasteiger partial charge is 0.756 e. The van der Waals surface area contributed by atoms with Gasteiger partial charge in [0.1, 0.15) is 12.3 Å². The minimum absolute atomic E-state index is 0. The largest absolute Gasteiger partial charge is 1.00 e. The van der Waals surface area contributed by atoms with E-state index in [9.17, 15) is 43.1 Å². The second-order valence-corrected chi connectivity index (χ2v) is 10.4. The summed E-state index contributed by atoms with van der Waals surface area (Å²) in [5.41, 5.74) is 3.73. The number of nitrogens with zero attached hydrogens (tertiary/aromatic N) is 1. The van der Waals surface area contributed by atoms with Gasteiger partial charge in [0, 0.05) is 19.2 Å². The Kier molecular flexibility index (Phi) is 17.9. The number of ether oxygens (including phenoxy) is 1. The molecule has 23 heteroatoms. The third-order valence-corrected chi connectivity index (χ3v) is 7.43. The second kappa shape index (κ2) is 16.1. The monoisotopic (exact) mass is 589 g/mol. The van der Waals surface area contributed by atoms with E-state index >= 15 is 0 Å². The number of hydrogen-bond donors (Lipinski definition) is 4. The number of aromatic nitrogens is 2. The zero-order valence-corrected chi connectivity index (χ0v) is 27.4. The minimum Gasteiger partial charge on any atom is -0.756 e. The van der Waals surface area contributed by atoms with E-state index in [1.165, 1.54) is 12.2 Å². The van der Waals surface area contributed by atoms with E-state index < -0.39 is 59.8 Å². The van der Waals surface area contributed by atoms with Gasteiger partial charge in [0.25, 0.3) is 29.0 Å². The molecule has 5 N–H and O–H groups in total. The van der Waals surface area contributed by atoms with Crippen LogP contribution in [0.5, 0.6) is 0 Å². The number of rotatable bonds is 10. The average Bonchev–Trinajstić information content (AvgIpc) is 2.97. The molecule has 0 aliphatic carbocycles. The van der Waals surface area contributed by atoms with Crippen molar-refractivity contribution >= 4 is 29.5 Å². The second-order valence-electron chi connectivity index (χ2n) is 6.14. The molecule has 0 spiro atoms. The molecule has 1 aromatic rings. The van der Waals surface area contributed by atoms with Crippen LogP contribution in [0.15, 0.2) is 21.9 Å². The van der Waals surface area contributed by atoms with Gasteiger partial charge in [-0.2, -0.15) is 0 Å². The number of phosphoric acid groups is 3. The maximum absolute atomic E-state index is 12.1. The van der Waals surface area contributed by atoms with Crippen molar-refractivity contribution in [1.82, 2.24) is 9.55 Å². The maximum atomic E-state index is 12.1. The van der Waals surface area contributed by atoms with Gasteiger partial charge in [-0.25, -0.2) is 13.4 Å². The Bertz CT molecular complexity index is 1120. The number of aliphatic hydroxyl groups is 1. The summed E-state index contributed by atoms with van der Waals surface area (Å²) in [4.78, 5) is 67.4. The number of nitrogens with one attached hydrogen (secondary N) is 1. The van der Waals surface area contributed by atoms with Gasteiger partial charge in [-0.15, -0.1) is 0 Å². The number of nitrogens with two attached hydrogens (primary N) is 1. The Labute approximate surface area is 263 Å². The standard InChI is InChI=1S/C12H20N3O14P3.3Na/c13-3-1-2-7-5-15(12(18)14-11(7)17)10-4-8(16)9(27-10)6-26-31(22,23)29-32(24,25)28-30(19,20)21;;;/h1-2,5,8-10,16H,3-4,6,13H2,(H,22,23)(H,24,25)(H,14,17,18)(H2,19,20,21);;;/q;3*+1/p-3/b2-1+;;;/t8-,9+,10+;;;/m1.../s1. The summed E-state index contributed by atoms with van der Waals surface area (Å²) in [6.45, 7) is -0.898. The summed E-state index contributed by atoms with van der Waals surface area (Å²) in [6.07, 6.45) is -0.349. The van der Waals surface area contributed by atoms with Crippen LogP contribution in [0.25, 0.3) is 6.08 Å². The summed E-state index contributed by atoms with van der Waals surface area (Å²) in [5.74, 6) is 0. The molecule has 2 heterocycles. The summed E-state index contributed by atoms with van der Waals surface area (Å²) in [6, 6.07) is 0. The summed E-state index contributed by atoms with van der Waals surface area (Å²) in [5, 5.41) is 10.1. The van der Waals surface area contributed by atoms with E-state index in [0.717, 1.165) is 10.8 Å². The predicted molar refractivity (Wildman–Crippen MR) is 97.1 cm³/mol. The molecule has 1 aliphatic heterocycles. The Morgan fingerprint density at radius 2 is 1.77 bits per heavy atom. The zero-order chi connectivity index (χ0) is 24.3. The van der Waals surface area contributed by atoms with E-state index in [1.54, 1.807) is 0 Å². The fraction of sp³-hybridized carbons (Fsp3) is 0.500. The molecule has 0 amide bonds. The van der Waals surface area contributed by atoms with Crippen LogP contribution in [0.3, 0.4) is 0 Å². The molecule has 1 saturated heterocycles. The quantitative estimate of drug-likeness (QED) is 0.146. The van der Waals surface area contributed by atoms with Crippen molar-refractivity contribution in [3.63, 3.8) is 0 Å². The van der Waals surface area contributed by atoms with Crippen LogP contribution in [0, 0.1) is 0 Å². The molecule has 6 atom stereocenters. The first-order valence-corrected chi connectivity index (χ1v) is 12.8. The average molecular weight is 589 g/mol. The molecule has 1 aromatic heterocycles. The third kappa shape index (κ3) is 13.1. The first-order chi connectivity index (χ1) is 14.6. The number of aliphatic hydroxyl groups excluding tert-OH is 1. The van der Waals surface area contributed by atoms with Crippen molar-refractivity contribution in [3.05, 3.63) is 38.7 Å². The molecule has 0 bridgehead atoms. The Hall–Kier alpha value is 1.71. The van der Waals surface area contributed by atoms with Gasteiger partial charge in [0.2, 0.25) is 0 Å². The minimum atomic E-state index is -6.07. The first kappa shape index (κ1) is 38.9. The Morgan fingerprint density at radius 1 is 1.17 bits per heavy atom. The van der Waals surface area contributed by atoms with E-state index in [-0.39, 0.29) is 107 Å². The van der Waals surface area contributed by atoms with Crippen LogP contribution in [0.2, 0.25) is 0 Å². The van der Waals surface area contributed by atoms with Gasteiger partial charge in [-0.05, 0) is 0 Å². The first-order valence-electron chi connectivity index (χ1n) is 8.41. The molecule has 182 valence electrons. The van der Waals surface area contributed by atoms with Crippen molar-refractivity contribution in [1.29, 1.82) is 0 Å². The van der Waals surface area contributed by atoms with Crippen LogP contribution in [0.4, 0.5) is 0 Å². The SMILES string of the molecule is NC/C=C/c1cn([C@@H]2C[C@@H](O)[C@H](COP(=O)([O-])OP(=O)([O-])OP(=O)([O-])O)O2)c(=O)[nH]c1=O.[Na+].[Na+].[Na+]. The molecule has 0 aromatic carbocycles. The van der Waals surface area contributed by atoms with Gasteiger partial charge in [-0.1, -0.05) is 12.2 Å². The van der Waals surface area contributed by atoms with E-state index in [2.05, 4.69) is 13.1 Å².